The number of halogens is 1. The second-order valence-corrected chi connectivity index (χ2v) is 6.78. The van der Waals surface area contributed by atoms with Crippen LogP contribution in [-0.2, 0) is 14.8 Å². The average Bonchev–Trinajstić information content (AvgIpc) is 2.79. The lowest BCUT2D eigenvalue weighted by atomic mass is 10.4. The summed E-state index contributed by atoms with van der Waals surface area (Å²) in [6, 6.07) is 0. The number of alkyl halides is 1. The molecule has 1 amide bonds. The number of sulfonamides is 1. The number of hydrogen-bond acceptors (Lipinski definition) is 3. The number of rotatable bonds is 6. The van der Waals surface area contributed by atoms with Crippen molar-refractivity contribution in [3.63, 3.8) is 0 Å². The quantitative estimate of drug-likeness (QED) is 0.667. The molecule has 0 spiro atoms. The molecular weight excluding hydrogens is 264 g/mol. The fourth-order valence-electron chi connectivity index (χ4n) is 1.75. The van der Waals surface area contributed by atoms with Crippen LogP contribution in [0.1, 0.15) is 19.3 Å². The molecule has 0 aromatic rings. The highest BCUT2D eigenvalue weighted by atomic mass is 35.5. The van der Waals surface area contributed by atoms with Gasteiger partial charge in [0.1, 0.15) is 0 Å². The van der Waals surface area contributed by atoms with Crippen molar-refractivity contribution in [3.05, 3.63) is 0 Å². The van der Waals surface area contributed by atoms with Gasteiger partial charge in [-0.15, -0.1) is 11.6 Å². The standard InChI is InChI=1S/C10H19ClN2O3S/c1-12(17(15,16)8-4-5-11)9-10(14)13-6-2-3-7-13/h2-9H2,1H3. The molecule has 0 aromatic heterocycles. The highest BCUT2D eigenvalue weighted by Gasteiger charge is 2.24. The Bertz CT molecular complexity index is 353. The van der Waals surface area contributed by atoms with Crippen LogP contribution < -0.4 is 0 Å². The molecule has 1 aliphatic heterocycles. The van der Waals surface area contributed by atoms with Crippen LogP contribution in [-0.4, -0.2) is 61.8 Å². The summed E-state index contributed by atoms with van der Waals surface area (Å²) in [7, 11) is -1.90. The molecule has 1 rings (SSSR count). The Morgan fingerprint density at radius 2 is 1.94 bits per heavy atom. The van der Waals surface area contributed by atoms with Gasteiger partial charge in [0, 0.05) is 26.0 Å². The maximum absolute atomic E-state index is 11.8. The highest BCUT2D eigenvalue weighted by Crippen LogP contribution is 2.09. The normalized spacial score (nSPS) is 16.8. The third-order valence-electron chi connectivity index (χ3n) is 2.83. The van der Waals surface area contributed by atoms with E-state index in [-0.39, 0.29) is 18.2 Å². The van der Waals surface area contributed by atoms with Crippen LogP contribution in [0.3, 0.4) is 0 Å². The molecule has 0 N–H and O–H groups in total. The second-order valence-electron chi connectivity index (χ2n) is 4.20. The number of likely N-dealkylation sites (N-methyl/N-ethyl adjacent to an activating group) is 1. The van der Waals surface area contributed by atoms with E-state index in [1.54, 1.807) is 4.90 Å². The molecule has 7 heteroatoms. The minimum Gasteiger partial charge on any atom is -0.342 e. The third-order valence-corrected chi connectivity index (χ3v) is 4.98. The highest BCUT2D eigenvalue weighted by molar-refractivity contribution is 7.89. The maximum Gasteiger partial charge on any atom is 0.237 e. The summed E-state index contributed by atoms with van der Waals surface area (Å²) < 4.78 is 24.6. The van der Waals surface area contributed by atoms with Crippen molar-refractivity contribution in [1.82, 2.24) is 9.21 Å². The van der Waals surface area contributed by atoms with E-state index in [2.05, 4.69) is 0 Å². The van der Waals surface area contributed by atoms with Gasteiger partial charge in [-0.3, -0.25) is 4.79 Å². The second kappa shape index (κ2) is 6.56. The Balaban J connectivity index is 2.47. The van der Waals surface area contributed by atoms with Crippen LogP contribution in [0.4, 0.5) is 0 Å². The van der Waals surface area contributed by atoms with E-state index < -0.39 is 10.0 Å². The number of carbonyl (C=O) groups is 1. The average molecular weight is 283 g/mol. The van der Waals surface area contributed by atoms with Gasteiger partial charge in [0.15, 0.2) is 0 Å². The van der Waals surface area contributed by atoms with Crippen molar-refractivity contribution in [2.75, 3.05) is 38.3 Å². The van der Waals surface area contributed by atoms with E-state index in [0.29, 0.717) is 12.3 Å². The van der Waals surface area contributed by atoms with Gasteiger partial charge in [0.25, 0.3) is 0 Å². The van der Waals surface area contributed by atoms with E-state index >= 15 is 0 Å². The van der Waals surface area contributed by atoms with Crippen molar-refractivity contribution >= 4 is 27.5 Å². The Morgan fingerprint density at radius 3 is 2.47 bits per heavy atom. The number of nitrogens with zero attached hydrogens (tertiary/aromatic N) is 2. The molecule has 0 saturated carbocycles. The molecule has 0 aromatic carbocycles. The molecule has 17 heavy (non-hydrogen) atoms. The summed E-state index contributed by atoms with van der Waals surface area (Å²) in [6.07, 6.45) is 2.43. The van der Waals surface area contributed by atoms with Gasteiger partial charge in [-0.1, -0.05) is 0 Å². The predicted octanol–water partition coefficient (Wildman–Crippen LogP) is 0.499. The van der Waals surface area contributed by atoms with Crippen molar-refractivity contribution in [1.29, 1.82) is 0 Å². The van der Waals surface area contributed by atoms with Gasteiger partial charge in [-0.2, -0.15) is 4.31 Å². The first-order valence-electron chi connectivity index (χ1n) is 5.75. The summed E-state index contributed by atoms with van der Waals surface area (Å²) in [5.41, 5.74) is 0. The lowest BCUT2D eigenvalue weighted by Crippen LogP contribution is -2.40. The van der Waals surface area contributed by atoms with Crippen molar-refractivity contribution in [3.8, 4) is 0 Å². The van der Waals surface area contributed by atoms with Gasteiger partial charge in [-0.05, 0) is 19.3 Å². The lowest BCUT2D eigenvalue weighted by Gasteiger charge is -2.20. The summed E-state index contributed by atoms with van der Waals surface area (Å²) in [4.78, 5) is 13.5. The minimum atomic E-state index is -3.35. The zero-order valence-electron chi connectivity index (χ0n) is 10.1. The molecule has 1 saturated heterocycles. The van der Waals surface area contributed by atoms with Crippen LogP contribution in [0.15, 0.2) is 0 Å². The van der Waals surface area contributed by atoms with Gasteiger partial charge in [-0.25, -0.2) is 8.42 Å². The van der Waals surface area contributed by atoms with Crippen molar-refractivity contribution in [2.45, 2.75) is 19.3 Å². The molecule has 1 aliphatic rings. The van der Waals surface area contributed by atoms with E-state index in [1.807, 2.05) is 0 Å². The third kappa shape index (κ3) is 4.44. The molecule has 0 atom stereocenters. The van der Waals surface area contributed by atoms with Crippen LogP contribution in [0.5, 0.6) is 0 Å². The molecule has 1 fully saturated rings. The Kier molecular flexibility index (Phi) is 5.69. The molecule has 0 unspecified atom stereocenters. The predicted molar refractivity (Wildman–Crippen MR) is 67.6 cm³/mol. The van der Waals surface area contributed by atoms with Crippen LogP contribution in [0.25, 0.3) is 0 Å². The van der Waals surface area contributed by atoms with Gasteiger partial charge >= 0.3 is 0 Å². The molecular formula is C10H19ClN2O3S. The SMILES string of the molecule is CN(CC(=O)N1CCCC1)S(=O)(=O)CCCCl. The number of carbonyl (C=O) groups excluding carboxylic acids is 1. The minimum absolute atomic E-state index is 0.000278. The summed E-state index contributed by atoms with van der Waals surface area (Å²) >= 11 is 5.46. The lowest BCUT2D eigenvalue weighted by molar-refractivity contribution is -0.130. The first-order valence-corrected chi connectivity index (χ1v) is 7.89. The van der Waals surface area contributed by atoms with Gasteiger partial charge in [0.2, 0.25) is 15.9 Å². The van der Waals surface area contributed by atoms with E-state index in [0.717, 1.165) is 30.2 Å². The monoisotopic (exact) mass is 282 g/mol. The Morgan fingerprint density at radius 1 is 1.35 bits per heavy atom. The van der Waals surface area contributed by atoms with Crippen LogP contribution >= 0.6 is 11.6 Å². The number of amides is 1. The van der Waals surface area contributed by atoms with Gasteiger partial charge < -0.3 is 4.90 Å². The van der Waals surface area contributed by atoms with Crippen molar-refractivity contribution < 1.29 is 13.2 Å². The Labute approximate surface area is 108 Å². The van der Waals surface area contributed by atoms with E-state index in [1.165, 1.54) is 7.05 Å². The molecule has 5 nitrogen and oxygen atoms in total. The molecule has 1 heterocycles. The largest absolute Gasteiger partial charge is 0.342 e. The molecule has 0 aliphatic carbocycles. The van der Waals surface area contributed by atoms with Crippen LogP contribution in [0.2, 0.25) is 0 Å². The summed E-state index contributed by atoms with van der Waals surface area (Å²) in [5.74, 6) is 0.201. The molecule has 100 valence electrons. The smallest absolute Gasteiger partial charge is 0.237 e. The van der Waals surface area contributed by atoms with E-state index in [9.17, 15) is 13.2 Å². The summed E-state index contributed by atoms with van der Waals surface area (Å²) in [6.45, 7) is 1.42. The van der Waals surface area contributed by atoms with Crippen LogP contribution in [0, 0.1) is 0 Å². The van der Waals surface area contributed by atoms with E-state index in [4.69, 9.17) is 11.6 Å². The maximum atomic E-state index is 11.8. The molecule has 0 radical (unpaired) electrons. The zero-order valence-corrected chi connectivity index (χ0v) is 11.6. The number of hydrogen-bond donors (Lipinski definition) is 0. The van der Waals surface area contributed by atoms with Gasteiger partial charge in [0.05, 0.1) is 12.3 Å². The molecule has 0 bridgehead atoms. The van der Waals surface area contributed by atoms with Crippen molar-refractivity contribution in [2.24, 2.45) is 0 Å². The fourth-order valence-corrected chi connectivity index (χ4v) is 3.17. The zero-order chi connectivity index (χ0) is 12.9. The first-order chi connectivity index (χ1) is 7.97. The summed E-state index contributed by atoms with van der Waals surface area (Å²) in [5, 5.41) is 0. The fraction of sp³-hybridized carbons (Fsp3) is 0.900. The number of likely N-dealkylation sites (tertiary alicyclic amines) is 1. The topological polar surface area (TPSA) is 57.7 Å². The Hall–Kier alpha value is -0.330. The first kappa shape index (κ1) is 14.7.